The third-order valence-electron chi connectivity index (χ3n) is 2.58. The smallest absolute Gasteiger partial charge is 0.157 e. The molecular weight excluding hydrogens is 230 g/mol. The first-order valence-corrected chi connectivity index (χ1v) is 6.07. The Kier molecular flexibility index (Phi) is 4.04. The molecule has 0 saturated heterocycles. The Morgan fingerprint density at radius 3 is 3.00 bits per heavy atom. The van der Waals surface area contributed by atoms with Gasteiger partial charge >= 0.3 is 0 Å². The lowest BCUT2D eigenvalue weighted by Gasteiger charge is -2.03. The minimum Gasteiger partial charge on any atom is -0.482 e. The molecular formula is C13H19N3O2. The Balaban J connectivity index is 1.89. The molecule has 2 heterocycles. The lowest BCUT2D eigenvalue weighted by Crippen LogP contribution is -2.03. The van der Waals surface area contributed by atoms with Crippen LogP contribution in [0.3, 0.4) is 0 Å². The molecule has 2 aromatic heterocycles. The molecule has 0 aliphatic carbocycles. The largest absolute Gasteiger partial charge is 0.482 e. The van der Waals surface area contributed by atoms with Crippen molar-refractivity contribution in [1.82, 2.24) is 15.1 Å². The zero-order chi connectivity index (χ0) is 13.0. The third kappa shape index (κ3) is 3.13. The molecule has 0 amide bonds. The van der Waals surface area contributed by atoms with Crippen LogP contribution in [0.1, 0.15) is 31.2 Å². The highest BCUT2D eigenvalue weighted by Gasteiger charge is 2.05. The van der Waals surface area contributed by atoms with Crippen LogP contribution >= 0.6 is 0 Å². The Labute approximate surface area is 107 Å². The van der Waals surface area contributed by atoms with Crippen LogP contribution in [0.4, 0.5) is 0 Å². The summed E-state index contributed by atoms with van der Waals surface area (Å²) in [6, 6.07) is 2.33. The number of rotatable bonds is 6. The first-order chi connectivity index (χ1) is 8.69. The summed E-state index contributed by atoms with van der Waals surface area (Å²) >= 11 is 0. The van der Waals surface area contributed by atoms with Gasteiger partial charge in [-0.2, -0.15) is 5.10 Å². The van der Waals surface area contributed by atoms with Crippen molar-refractivity contribution in [2.45, 2.75) is 33.0 Å². The highest BCUT2D eigenvalue weighted by molar-refractivity contribution is 5.15. The van der Waals surface area contributed by atoms with Crippen molar-refractivity contribution in [2.24, 2.45) is 0 Å². The fraction of sp³-hybridized carbons (Fsp3) is 0.462. The highest BCUT2D eigenvalue weighted by Crippen LogP contribution is 2.15. The van der Waals surface area contributed by atoms with E-state index in [1.165, 1.54) is 0 Å². The molecule has 98 valence electrons. The minimum absolute atomic E-state index is 0.341. The summed E-state index contributed by atoms with van der Waals surface area (Å²) in [4.78, 5) is 0. The molecule has 0 unspecified atom stereocenters. The maximum absolute atomic E-state index is 5.62. The van der Waals surface area contributed by atoms with Crippen molar-refractivity contribution >= 4 is 0 Å². The van der Waals surface area contributed by atoms with Crippen molar-refractivity contribution in [3.05, 3.63) is 36.0 Å². The van der Waals surface area contributed by atoms with Gasteiger partial charge in [-0.1, -0.05) is 0 Å². The average molecular weight is 249 g/mol. The van der Waals surface area contributed by atoms with E-state index in [4.69, 9.17) is 9.15 Å². The highest BCUT2D eigenvalue weighted by atomic mass is 16.5. The lowest BCUT2D eigenvalue weighted by molar-refractivity contribution is 0.270. The maximum atomic E-state index is 5.62. The van der Waals surface area contributed by atoms with Gasteiger partial charge in [0, 0.05) is 18.2 Å². The summed E-state index contributed by atoms with van der Waals surface area (Å²) in [6.07, 6.45) is 5.35. The molecule has 5 heteroatoms. The van der Waals surface area contributed by atoms with Crippen LogP contribution in [0.2, 0.25) is 0 Å². The van der Waals surface area contributed by atoms with Crippen LogP contribution in [-0.4, -0.2) is 16.8 Å². The molecule has 0 aromatic carbocycles. The summed E-state index contributed by atoms with van der Waals surface area (Å²) in [6.45, 7) is 5.38. The number of hydrogen-bond acceptors (Lipinski definition) is 4. The normalized spacial score (nSPS) is 11.1. The number of furan rings is 1. The van der Waals surface area contributed by atoms with Crippen molar-refractivity contribution in [2.75, 3.05) is 7.05 Å². The summed E-state index contributed by atoms with van der Waals surface area (Å²) in [5, 5.41) is 7.29. The fourth-order valence-corrected chi connectivity index (χ4v) is 1.63. The molecule has 1 N–H and O–H groups in total. The van der Waals surface area contributed by atoms with Gasteiger partial charge in [0.25, 0.3) is 0 Å². The molecule has 0 spiro atoms. The molecule has 0 aliphatic heterocycles. The van der Waals surface area contributed by atoms with Crippen molar-refractivity contribution in [1.29, 1.82) is 0 Å². The topological polar surface area (TPSA) is 52.2 Å². The molecule has 0 fully saturated rings. The molecule has 0 atom stereocenters. The van der Waals surface area contributed by atoms with Crippen LogP contribution in [0, 0.1) is 0 Å². The van der Waals surface area contributed by atoms with Gasteiger partial charge in [-0.05, 0) is 27.0 Å². The summed E-state index contributed by atoms with van der Waals surface area (Å²) in [5.41, 5.74) is 1.12. The van der Waals surface area contributed by atoms with E-state index in [2.05, 4.69) is 24.3 Å². The van der Waals surface area contributed by atoms with Crippen LogP contribution in [0.15, 0.2) is 29.1 Å². The molecule has 0 bridgehead atoms. The second kappa shape index (κ2) is 5.73. The number of ether oxygens (including phenoxy) is 1. The summed E-state index contributed by atoms with van der Waals surface area (Å²) in [5.74, 6) is 1.58. The van der Waals surface area contributed by atoms with Gasteiger partial charge in [-0.15, -0.1) is 0 Å². The van der Waals surface area contributed by atoms with Crippen molar-refractivity contribution in [3.63, 3.8) is 0 Å². The zero-order valence-electron chi connectivity index (χ0n) is 11.0. The monoisotopic (exact) mass is 249 g/mol. The lowest BCUT2D eigenvalue weighted by atomic mass is 10.3. The fourth-order valence-electron chi connectivity index (χ4n) is 1.63. The van der Waals surface area contributed by atoms with Crippen LogP contribution in [0.5, 0.6) is 5.75 Å². The van der Waals surface area contributed by atoms with Gasteiger partial charge in [0.15, 0.2) is 5.75 Å². The molecule has 18 heavy (non-hydrogen) atoms. The maximum Gasteiger partial charge on any atom is 0.157 e. The Hall–Kier alpha value is -1.75. The van der Waals surface area contributed by atoms with Gasteiger partial charge in [0.1, 0.15) is 12.4 Å². The van der Waals surface area contributed by atoms with Crippen LogP contribution in [0.25, 0.3) is 0 Å². The van der Waals surface area contributed by atoms with Gasteiger partial charge in [0.2, 0.25) is 0 Å². The van der Waals surface area contributed by atoms with E-state index in [9.17, 15) is 0 Å². The first kappa shape index (κ1) is 12.7. The predicted molar refractivity (Wildman–Crippen MR) is 68.4 cm³/mol. The molecule has 0 saturated carbocycles. The van der Waals surface area contributed by atoms with E-state index >= 15 is 0 Å². The van der Waals surface area contributed by atoms with E-state index in [0.29, 0.717) is 12.6 Å². The first-order valence-electron chi connectivity index (χ1n) is 6.07. The van der Waals surface area contributed by atoms with Crippen LogP contribution in [-0.2, 0) is 13.2 Å². The molecule has 2 aromatic rings. The van der Waals surface area contributed by atoms with Gasteiger partial charge in [-0.25, -0.2) is 0 Å². The summed E-state index contributed by atoms with van der Waals surface area (Å²) in [7, 11) is 1.91. The van der Waals surface area contributed by atoms with Crippen molar-refractivity contribution in [3.8, 4) is 5.75 Å². The second-order valence-corrected chi connectivity index (χ2v) is 4.49. The minimum atomic E-state index is 0.341. The number of hydrogen-bond donors (Lipinski definition) is 1. The second-order valence-electron chi connectivity index (χ2n) is 4.49. The average Bonchev–Trinajstić information content (AvgIpc) is 2.95. The number of aromatic nitrogens is 2. The molecule has 0 aliphatic rings. The van der Waals surface area contributed by atoms with Gasteiger partial charge < -0.3 is 14.5 Å². The van der Waals surface area contributed by atoms with Gasteiger partial charge in [0.05, 0.1) is 18.7 Å². The van der Waals surface area contributed by atoms with E-state index in [1.54, 1.807) is 12.5 Å². The van der Waals surface area contributed by atoms with E-state index < -0.39 is 0 Å². The standard InChI is InChI=1S/C13H19N3O2/c1-10(2)16-7-13(6-15-16)18-9-12-4-11(5-14-3)8-17-12/h4,6-8,10,14H,5,9H2,1-3H3. The third-order valence-corrected chi connectivity index (χ3v) is 2.58. The number of nitrogens with zero attached hydrogens (tertiary/aromatic N) is 2. The predicted octanol–water partition coefficient (Wildman–Crippen LogP) is 2.36. The Morgan fingerprint density at radius 1 is 1.50 bits per heavy atom. The van der Waals surface area contributed by atoms with Crippen molar-refractivity contribution < 1.29 is 9.15 Å². The molecule has 0 radical (unpaired) electrons. The number of nitrogens with one attached hydrogen (secondary N) is 1. The van der Waals surface area contributed by atoms with E-state index in [-0.39, 0.29) is 0 Å². The quantitative estimate of drug-likeness (QED) is 0.853. The zero-order valence-corrected chi connectivity index (χ0v) is 11.0. The summed E-state index contributed by atoms with van der Waals surface area (Å²) < 4.78 is 12.9. The SMILES string of the molecule is CNCc1coc(COc2cnn(C(C)C)c2)c1. The Morgan fingerprint density at radius 2 is 2.33 bits per heavy atom. The van der Waals surface area contributed by atoms with E-state index in [1.807, 2.05) is 24.0 Å². The van der Waals surface area contributed by atoms with Gasteiger partial charge in [-0.3, -0.25) is 4.68 Å². The molecule has 5 nitrogen and oxygen atoms in total. The van der Waals surface area contributed by atoms with Crippen LogP contribution < -0.4 is 10.1 Å². The van der Waals surface area contributed by atoms with E-state index in [0.717, 1.165) is 23.6 Å². The Bertz CT molecular complexity index is 488. The molecule has 2 rings (SSSR count).